The third-order valence-electron chi connectivity index (χ3n) is 1.38. The van der Waals surface area contributed by atoms with Gasteiger partial charge in [0, 0.05) is 19.4 Å². The predicted molar refractivity (Wildman–Crippen MR) is 56.5 cm³/mol. The van der Waals surface area contributed by atoms with Gasteiger partial charge in [-0.15, -0.1) is 0 Å². The lowest BCUT2D eigenvalue weighted by atomic mass is 10.5. The number of hydrogen-bond acceptors (Lipinski definition) is 4. The van der Waals surface area contributed by atoms with Gasteiger partial charge < -0.3 is 4.57 Å². The molecule has 0 aliphatic rings. The van der Waals surface area contributed by atoms with Crippen LogP contribution in [0.15, 0.2) is 18.5 Å². The summed E-state index contributed by atoms with van der Waals surface area (Å²) in [4.78, 5) is 4.08. The maximum Gasteiger partial charge on any atom is 0.397 e. The Hall–Kier alpha value is -1.18. The smallest absolute Gasteiger partial charge is 0.335 e. The largest absolute Gasteiger partial charge is 0.397 e. The molecule has 0 spiro atoms. The molecule has 7 heteroatoms. The summed E-state index contributed by atoms with van der Waals surface area (Å²) in [5.41, 5.74) is 0. The van der Waals surface area contributed by atoms with Crippen molar-refractivity contribution in [2.75, 3.05) is 7.11 Å². The molecule has 86 valence electrons. The summed E-state index contributed by atoms with van der Waals surface area (Å²) in [7, 11) is -1.32. The molecule has 0 aromatic carbocycles. The van der Waals surface area contributed by atoms with E-state index in [2.05, 4.69) is 9.17 Å². The molecule has 1 rings (SSSR count). The van der Waals surface area contributed by atoms with E-state index in [4.69, 9.17) is 4.55 Å². The van der Waals surface area contributed by atoms with Crippen molar-refractivity contribution in [3.05, 3.63) is 24.3 Å². The first-order valence-electron chi connectivity index (χ1n) is 4.03. The Morgan fingerprint density at radius 2 is 2.13 bits per heavy atom. The Morgan fingerprint density at radius 1 is 1.60 bits per heavy atom. The second kappa shape index (κ2) is 6.33. The number of aromatic nitrogens is 2. The lowest BCUT2D eigenvalue weighted by Gasteiger charge is -1.90. The molecule has 6 nitrogen and oxygen atoms in total. The van der Waals surface area contributed by atoms with Gasteiger partial charge in [0.2, 0.25) is 0 Å². The Labute approximate surface area is 89.2 Å². The molecule has 1 aromatic rings. The van der Waals surface area contributed by atoms with E-state index in [1.54, 1.807) is 6.20 Å². The maximum absolute atomic E-state index is 9.33. The van der Waals surface area contributed by atoms with Gasteiger partial charge >= 0.3 is 10.4 Å². The summed E-state index contributed by atoms with van der Waals surface area (Å²) >= 11 is 0. The monoisotopic (exact) mass is 234 g/mol. The molecule has 0 fully saturated rings. The number of rotatable bonds is 2. The van der Waals surface area contributed by atoms with Crippen molar-refractivity contribution in [2.24, 2.45) is 7.05 Å². The van der Waals surface area contributed by atoms with Gasteiger partial charge in [0.25, 0.3) is 0 Å². The second-order valence-electron chi connectivity index (χ2n) is 2.49. The van der Waals surface area contributed by atoms with Crippen LogP contribution in [0.3, 0.4) is 0 Å². The summed E-state index contributed by atoms with van der Waals surface area (Å²) in [6.07, 6.45) is 7.66. The van der Waals surface area contributed by atoms with Gasteiger partial charge in [-0.1, -0.05) is 6.08 Å². The lowest BCUT2D eigenvalue weighted by Crippen LogP contribution is -1.96. The molecule has 0 amide bonds. The highest BCUT2D eigenvalue weighted by Gasteiger charge is 1.94. The van der Waals surface area contributed by atoms with Gasteiger partial charge in [-0.3, -0.25) is 8.74 Å². The van der Waals surface area contributed by atoms with Crippen molar-refractivity contribution >= 4 is 16.5 Å². The molecule has 0 radical (unpaired) electrons. The minimum Gasteiger partial charge on any atom is -0.335 e. The zero-order valence-electron chi connectivity index (χ0n) is 8.78. The number of imidazole rings is 1. The van der Waals surface area contributed by atoms with Crippen molar-refractivity contribution in [3.63, 3.8) is 0 Å². The first-order chi connectivity index (χ1) is 6.90. The minimum absolute atomic E-state index is 0.870. The highest BCUT2D eigenvalue weighted by atomic mass is 32.3. The standard InChI is InChI=1S/C7H10N2.CH4O4S/c1-3-4-7-8-5-6-9(7)2;1-5-6(2,3)4/h3-6H,1-2H3;1H3,(H,2,3,4). The number of aryl methyl sites for hydroxylation is 1. The van der Waals surface area contributed by atoms with Crippen LogP contribution in [0.1, 0.15) is 12.7 Å². The van der Waals surface area contributed by atoms with Crippen LogP contribution in [-0.4, -0.2) is 29.6 Å². The highest BCUT2D eigenvalue weighted by molar-refractivity contribution is 7.80. The van der Waals surface area contributed by atoms with Gasteiger partial charge in [-0.2, -0.15) is 8.42 Å². The topological polar surface area (TPSA) is 81.4 Å². The highest BCUT2D eigenvalue weighted by Crippen LogP contribution is 1.95. The molecule has 0 aliphatic heterocycles. The lowest BCUT2D eigenvalue weighted by molar-refractivity contribution is 0.324. The molecule has 0 unspecified atom stereocenters. The minimum atomic E-state index is -4.16. The zero-order valence-corrected chi connectivity index (χ0v) is 9.60. The number of nitrogens with zero attached hydrogens (tertiary/aromatic N) is 2. The van der Waals surface area contributed by atoms with E-state index < -0.39 is 10.4 Å². The maximum atomic E-state index is 9.33. The van der Waals surface area contributed by atoms with Gasteiger partial charge in [-0.25, -0.2) is 4.98 Å². The predicted octanol–water partition coefficient (Wildman–Crippen LogP) is 0.889. The van der Waals surface area contributed by atoms with E-state index in [0.717, 1.165) is 12.9 Å². The summed E-state index contributed by atoms with van der Waals surface area (Å²) in [6.45, 7) is 1.98. The Kier molecular flexibility index (Phi) is 5.83. The SMILES string of the molecule is CC=Cc1nccn1C.COS(=O)(=O)O. The normalized spacial score (nSPS) is 11.2. The Balaban J connectivity index is 0.000000288. The van der Waals surface area contributed by atoms with E-state index in [0.29, 0.717) is 0 Å². The van der Waals surface area contributed by atoms with Crippen LogP contribution in [0.2, 0.25) is 0 Å². The van der Waals surface area contributed by atoms with Crippen molar-refractivity contribution in [3.8, 4) is 0 Å². The number of allylic oxidation sites excluding steroid dienone is 1. The van der Waals surface area contributed by atoms with Crippen molar-refractivity contribution in [1.82, 2.24) is 9.55 Å². The van der Waals surface area contributed by atoms with Gasteiger partial charge in [0.1, 0.15) is 5.82 Å². The molecular weight excluding hydrogens is 220 g/mol. The zero-order chi connectivity index (χ0) is 11.9. The second-order valence-corrected chi connectivity index (χ2v) is 3.68. The first kappa shape index (κ1) is 13.8. The molecule has 1 N–H and O–H groups in total. The van der Waals surface area contributed by atoms with Crippen LogP contribution in [0.5, 0.6) is 0 Å². The molecule has 0 bridgehead atoms. The van der Waals surface area contributed by atoms with E-state index in [1.165, 1.54) is 0 Å². The van der Waals surface area contributed by atoms with E-state index >= 15 is 0 Å². The quantitative estimate of drug-likeness (QED) is 0.768. The third kappa shape index (κ3) is 6.83. The van der Waals surface area contributed by atoms with Gasteiger partial charge in [0.15, 0.2) is 0 Å². The summed E-state index contributed by atoms with van der Waals surface area (Å²) in [5, 5.41) is 0. The van der Waals surface area contributed by atoms with Crippen LogP contribution in [0.4, 0.5) is 0 Å². The molecule has 1 heterocycles. The average Bonchev–Trinajstić information content (AvgIpc) is 2.53. The molecule has 0 saturated heterocycles. The number of hydrogen-bond donors (Lipinski definition) is 1. The molecule has 0 saturated carbocycles. The fourth-order valence-electron chi connectivity index (χ4n) is 0.687. The summed E-state index contributed by atoms with van der Waals surface area (Å²) < 4.78 is 31.7. The van der Waals surface area contributed by atoms with E-state index in [9.17, 15) is 8.42 Å². The first-order valence-corrected chi connectivity index (χ1v) is 5.40. The average molecular weight is 234 g/mol. The van der Waals surface area contributed by atoms with Crippen LogP contribution in [-0.2, 0) is 21.6 Å². The van der Waals surface area contributed by atoms with Crippen LogP contribution < -0.4 is 0 Å². The van der Waals surface area contributed by atoms with Gasteiger partial charge in [-0.05, 0) is 13.0 Å². The molecule has 1 aromatic heterocycles. The fraction of sp³-hybridized carbons (Fsp3) is 0.375. The fourth-order valence-corrected chi connectivity index (χ4v) is 0.687. The molecular formula is C8H14N2O4S. The Morgan fingerprint density at radius 3 is 2.40 bits per heavy atom. The Bertz CT molecular complexity index is 408. The summed E-state index contributed by atoms with van der Waals surface area (Å²) in [5.74, 6) is 0.998. The third-order valence-corrected chi connectivity index (χ3v) is 1.81. The summed E-state index contributed by atoms with van der Waals surface area (Å²) in [6, 6.07) is 0. The molecule has 0 aliphatic carbocycles. The van der Waals surface area contributed by atoms with Crippen LogP contribution in [0.25, 0.3) is 6.08 Å². The van der Waals surface area contributed by atoms with E-state index in [1.807, 2.05) is 36.9 Å². The van der Waals surface area contributed by atoms with Gasteiger partial charge in [0.05, 0.1) is 7.11 Å². The van der Waals surface area contributed by atoms with Crippen molar-refractivity contribution in [1.29, 1.82) is 0 Å². The van der Waals surface area contributed by atoms with Crippen molar-refractivity contribution < 1.29 is 17.2 Å². The molecule has 15 heavy (non-hydrogen) atoms. The molecule has 0 atom stereocenters. The van der Waals surface area contributed by atoms with Crippen LogP contribution in [0, 0.1) is 0 Å². The van der Waals surface area contributed by atoms with Crippen LogP contribution >= 0.6 is 0 Å². The van der Waals surface area contributed by atoms with Crippen molar-refractivity contribution in [2.45, 2.75) is 6.92 Å². The van der Waals surface area contributed by atoms with E-state index in [-0.39, 0.29) is 0 Å².